The first-order valence-corrected chi connectivity index (χ1v) is 11.6. The Kier molecular flexibility index (Phi) is 6.41. The molecule has 0 saturated heterocycles. The number of aromatic nitrogens is 2. The topological polar surface area (TPSA) is 93.1 Å². The van der Waals surface area contributed by atoms with Crippen molar-refractivity contribution >= 4 is 38.5 Å². The molecule has 0 spiro atoms. The molecule has 0 bridgehead atoms. The summed E-state index contributed by atoms with van der Waals surface area (Å²) in [5, 5.41) is 5.23. The molecular formula is C24H25BrN4O3. The van der Waals surface area contributed by atoms with Gasteiger partial charge < -0.3 is 0 Å². The fourth-order valence-electron chi connectivity index (χ4n) is 3.90. The average Bonchev–Trinajstić information content (AvgIpc) is 3.61. The van der Waals surface area contributed by atoms with E-state index in [0.29, 0.717) is 17.3 Å². The van der Waals surface area contributed by atoms with E-state index in [0.717, 1.165) is 42.1 Å². The quantitative estimate of drug-likeness (QED) is 0.383. The van der Waals surface area contributed by atoms with Crippen molar-refractivity contribution in [1.29, 1.82) is 0 Å². The van der Waals surface area contributed by atoms with Crippen molar-refractivity contribution in [3.63, 3.8) is 0 Å². The number of amides is 2. The van der Waals surface area contributed by atoms with Crippen LogP contribution in [-0.4, -0.2) is 21.6 Å². The van der Waals surface area contributed by atoms with Crippen LogP contribution in [0.5, 0.6) is 0 Å². The van der Waals surface area contributed by atoms with Gasteiger partial charge in [-0.1, -0.05) is 66.0 Å². The van der Waals surface area contributed by atoms with E-state index in [9.17, 15) is 14.4 Å². The van der Waals surface area contributed by atoms with E-state index in [1.807, 2.05) is 24.3 Å². The molecular weight excluding hydrogens is 472 g/mol. The third-order valence-electron chi connectivity index (χ3n) is 5.93. The molecule has 4 rings (SSSR count). The number of unbranched alkanes of at least 4 members (excludes halogenated alkanes) is 2. The summed E-state index contributed by atoms with van der Waals surface area (Å²) in [6, 6.07) is 14.5. The number of carbonyl (C=O) groups excluding carboxylic acids is 2. The monoisotopic (exact) mass is 496 g/mol. The van der Waals surface area contributed by atoms with Crippen LogP contribution in [0.1, 0.15) is 55.1 Å². The van der Waals surface area contributed by atoms with Crippen LogP contribution < -0.4 is 16.4 Å². The summed E-state index contributed by atoms with van der Waals surface area (Å²) in [6.07, 6.45) is 4.23. The Labute approximate surface area is 194 Å². The SMILES string of the molecule is CCCCCn1nc(C(=O)NNC(=O)C2(c3ccc(Br)cc3)CC2)c2ccccc2c1=O. The molecule has 2 N–H and O–H groups in total. The standard InChI is InChI=1S/C24H25BrN4O3/c1-2-3-6-15-29-22(31)19-8-5-4-7-18(19)20(28-29)21(30)26-27-23(32)24(13-14-24)16-9-11-17(25)12-10-16/h4-5,7-12H,2-3,6,13-15H2,1H3,(H,26,30)(H,27,32). The van der Waals surface area contributed by atoms with Crippen LogP contribution in [-0.2, 0) is 16.8 Å². The normalized spacial score (nSPS) is 14.2. The average molecular weight is 497 g/mol. The van der Waals surface area contributed by atoms with Crippen LogP contribution in [0.4, 0.5) is 0 Å². The number of nitrogens with one attached hydrogen (secondary N) is 2. The smallest absolute Gasteiger partial charge is 0.272 e. The first kappa shape index (κ1) is 22.2. The molecule has 8 heteroatoms. The number of aryl methyl sites for hydroxylation is 1. The second-order valence-electron chi connectivity index (χ2n) is 8.13. The van der Waals surface area contributed by atoms with Crippen molar-refractivity contribution in [2.75, 3.05) is 0 Å². The molecule has 1 saturated carbocycles. The molecule has 2 amide bonds. The Morgan fingerprint density at radius 1 is 1.03 bits per heavy atom. The number of nitrogens with zero attached hydrogens (tertiary/aromatic N) is 2. The predicted molar refractivity (Wildman–Crippen MR) is 126 cm³/mol. The highest BCUT2D eigenvalue weighted by Crippen LogP contribution is 2.48. The number of benzene rings is 2. The maximum Gasteiger partial charge on any atom is 0.290 e. The summed E-state index contributed by atoms with van der Waals surface area (Å²) in [5.41, 5.74) is 5.27. The molecule has 7 nitrogen and oxygen atoms in total. The van der Waals surface area contributed by atoms with Crippen LogP contribution >= 0.6 is 15.9 Å². The van der Waals surface area contributed by atoms with E-state index in [4.69, 9.17) is 0 Å². The number of rotatable bonds is 7. The number of hydrazine groups is 1. The number of carbonyl (C=O) groups is 2. The summed E-state index contributed by atoms with van der Waals surface area (Å²) in [4.78, 5) is 38.6. The summed E-state index contributed by atoms with van der Waals surface area (Å²) >= 11 is 3.41. The van der Waals surface area contributed by atoms with Gasteiger partial charge >= 0.3 is 0 Å². The van der Waals surface area contributed by atoms with Gasteiger partial charge in [-0.15, -0.1) is 0 Å². The van der Waals surface area contributed by atoms with Crippen LogP contribution in [0, 0.1) is 0 Å². The molecule has 1 aliphatic carbocycles. The Hall–Kier alpha value is -3.00. The Balaban J connectivity index is 1.55. The van der Waals surface area contributed by atoms with Gasteiger partial charge in [-0.25, -0.2) is 4.68 Å². The van der Waals surface area contributed by atoms with Crippen molar-refractivity contribution in [1.82, 2.24) is 20.6 Å². The van der Waals surface area contributed by atoms with Crippen molar-refractivity contribution in [2.45, 2.75) is 51.0 Å². The zero-order chi connectivity index (χ0) is 22.7. The van der Waals surface area contributed by atoms with E-state index < -0.39 is 11.3 Å². The molecule has 0 aliphatic heterocycles. The highest BCUT2D eigenvalue weighted by atomic mass is 79.9. The van der Waals surface area contributed by atoms with Crippen LogP contribution in [0.3, 0.4) is 0 Å². The number of hydrogen-bond donors (Lipinski definition) is 2. The van der Waals surface area contributed by atoms with Gasteiger partial charge in [0.05, 0.1) is 10.8 Å². The van der Waals surface area contributed by atoms with Gasteiger partial charge in [0.15, 0.2) is 5.69 Å². The van der Waals surface area contributed by atoms with E-state index in [-0.39, 0.29) is 17.2 Å². The minimum absolute atomic E-state index is 0.116. The van der Waals surface area contributed by atoms with Crippen molar-refractivity contribution < 1.29 is 9.59 Å². The van der Waals surface area contributed by atoms with Crippen molar-refractivity contribution in [2.24, 2.45) is 0 Å². The van der Waals surface area contributed by atoms with E-state index in [1.54, 1.807) is 24.3 Å². The minimum Gasteiger partial charge on any atom is -0.272 e. The molecule has 0 unspecified atom stereocenters. The number of halogens is 1. The van der Waals surface area contributed by atoms with Gasteiger partial charge in [0, 0.05) is 16.4 Å². The van der Waals surface area contributed by atoms with Gasteiger partial charge in [-0.3, -0.25) is 25.2 Å². The summed E-state index contributed by atoms with van der Waals surface area (Å²) in [6.45, 7) is 2.52. The molecule has 3 aromatic rings. The van der Waals surface area contributed by atoms with Crippen molar-refractivity contribution in [3.05, 3.63) is 74.6 Å². The molecule has 32 heavy (non-hydrogen) atoms. The zero-order valence-electron chi connectivity index (χ0n) is 17.9. The molecule has 0 atom stereocenters. The zero-order valence-corrected chi connectivity index (χ0v) is 19.4. The van der Waals surface area contributed by atoms with Crippen molar-refractivity contribution in [3.8, 4) is 0 Å². The van der Waals surface area contributed by atoms with Gasteiger partial charge in [0.25, 0.3) is 11.5 Å². The van der Waals surface area contributed by atoms with E-state index in [1.165, 1.54) is 4.68 Å². The lowest BCUT2D eigenvalue weighted by atomic mass is 9.95. The predicted octanol–water partition coefficient (Wildman–Crippen LogP) is 3.84. The van der Waals surface area contributed by atoms with Crippen LogP contribution in [0.15, 0.2) is 57.8 Å². The molecule has 0 radical (unpaired) electrons. The van der Waals surface area contributed by atoms with Crippen LogP contribution in [0.2, 0.25) is 0 Å². The highest BCUT2D eigenvalue weighted by Gasteiger charge is 2.51. The van der Waals surface area contributed by atoms with Gasteiger partial charge in [0.1, 0.15) is 0 Å². The van der Waals surface area contributed by atoms with E-state index in [2.05, 4.69) is 38.8 Å². The molecule has 2 aromatic carbocycles. The second kappa shape index (κ2) is 9.24. The fourth-order valence-corrected chi connectivity index (χ4v) is 4.16. The third kappa shape index (κ3) is 4.32. The Morgan fingerprint density at radius 2 is 1.72 bits per heavy atom. The molecule has 1 aromatic heterocycles. The largest absolute Gasteiger partial charge is 0.290 e. The van der Waals surface area contributed by atoms with Gasteiger partial charge in [0.2, 0.25) is 5.91 Å². The summed E-state index contributed by atoms with van der Waals surface area (Å²) in [5.74, 6) is -0.806. The number of fused-ring (bicyclic) bond motifs is 1. The molecule has 1 fully saturated rings. The fraction of sp³-hybridized carbons (Fsp3) is 0.333. The maximum atomic E-state index is 13.0. The minimum atomic E-state index is -0.623. The maximum absolute atomic E-state index is 13.0. The Morgan fingerprint density at radius 3 is 2.38 bits per heavy atom. The highest BCUT2D eigenvalue weighted by molar-refractivity contribution is 9.10. The molecule has 1 aliphatic rings. The second-order valence-corrected chi connectivity index (χ2v) is 9.04. The lowest BCUT2D eigenvalue weighted by molar-refractivity contribution is -0.124. The van der Waals surface area contributed by atoms with Gasteiger partial charge in [-0.2, -0.15) is 5.10 Å². The lowest BCUT2D eigenvalue weighted by Crippen LogP contribution is -2.47. The first-order chi connectivity index (χ1) is 15.5. The number of hydrogen-bond acceptors (Lipinski definition) is 4. The lowest BCUT2D eigenvalue weighted by Gasteiger charge is -2.17. The van der Waals surface area contributed by atoms with Crippen LogP contribution in [0.25, 0.3) is 10.8 Å². The molecule has 166 valence electrons. The van der Waals surface area contributed by atoms with E-state index >= 15 is 0 Å². The Bertz CT molecular complexity index is 1220. The summed E-state index contributed by atoms with van der Waals surface area (Å²) in [7, 11) is 0. The molecule has 1 heterocycles. The summed E-state index contributed by atoms with van der Waals surface area (Å²) < 4.78 is 2.29. The first-order valence-electron chi connectivity index (χ1n) is 10.8. The third-order valence-corrected chi connectivity index (χ3v) is 6.46. The van der Waals surface area contributed by atoms with Gasteiger partial charge in [-0.05, 0) is 43.0 Å².